The summed E-state index contributed by atoms with van der Waals surface area (Å²) in [6.45, 7) is 7.15. The minimum Gasteiger partial charge on any atom is -0.348 e. The number of nitrogens with one attached hydrogen (secondary N) is 1. The Bertz CT molecular complexity index is 903. The third kappa shape index (κ3) is 3.42. The van der Waals surface area contributed by atoms with E-state index in [2.05, 4.69) is 51.4 Å². The smallest absolute Gasteiger partial charge is 0.188 e. The van der Waals surface area contributed by atoms with Crippen LogP contribution in [-0.2, 0) is 0 Å². The molecule has 2 aromatic heterocycles. The van der Waals surface area contributed by atoms with Crippen molar-refractivity contribution in [3.05, 3.63) is 58.4 Å². The average molecular weight is 366 g/mol. The van der Waals surface area contributed by atoms with Gasteiger partial charge in [-0.25, -0.2) is 9.97 Å². The normalized spacial score (nSPS) is 16.9. The first-order valence-electron chi connectivity index (χ1n) is 8.96. The number of nitrogens with zero attached hydrogens (tertiary/aromatic N) is 4. The maximum absolute atomic E-state index is 4.87. The van der Waals surface area contributed by atoms with Crippen LogP contribution < -0.4 is 10.2 Å². The van der Waals surface area contributed by atoms with Crippen molar-refractivity contribution in [2.75, 3.05) is 16.8 Å². The van der Waals surface area contributed by atoms with Crippen LogP contribution in [0.1, 0.15) is 40.6 Å². The zero-order valence-corrected chi connectivity index (χ0v) is 16.2. The molecule has 5 nitrogen and oxygen atoms in total. The Morgan fingerprint density at radius 1 is 1.08 bits per heavy atom. The van der Waals surface area contributed by atoms with E-state index in [-0.39, 0.29) is 0 Å². The van der Waals surface area contributed by atoms with E-state index in [0.717, 1.165) is 35.4 Å². The SMILES string of the molecule is Cc1ccc([C@@H]2CCCN2c2cnc(C)c(Nc3ncc(C)s3)n2)cc1. The van der Waals surface area contributed by atoms with Gasteiger partial charge in [-0.15, -0.1) is 11.3 Å². The zero-order valence-electron chi connectivity index (χ0n) is 15.4. The Morgan fingerprint density at radius 3 is 2.62 bits per heavy atom. The molecule has 0 aliphatic carbocycles. The second-order valence-corrected chi connectivity index (χ2v) is 8.06. The van der Waals surface area contributed by atoms with Gasteiger partial charge in [0.1, 0.15) is 5.82 Å². The lowest BCUT2D eigenvalue weighted by molar-refractivity contribution is 0.709. The summed E-state index contributed by atoms with van der Waals surface area (Å²) in [5.74, 6) is 1.71. The molecule has 1 aliphatic rings. The number of aryl methyl sites for hydroxylation is 3. The van der Waals surface area contributed by atoms with E-state index in [1.165, 1.54) is 22.4 Å². The van der Waals surface area contributed by atoms with E-state index in [0.29, 0.717) is 6.04 Å². The molecule has 4 rings (SSSR count). The molecule has 0 spiro atoms. The van der Waals surface area contributed by atoms with Crippen LogP contribution in [0.15, 0.2) is 36.7 Å². The summed E-state index contributed by atoms with van der Waals surface area (Å²) in [6, 6.07) is 9.20. The van der Waals surface area contributed by atoms with E-state index >= 15 is 0 Å². The van der Waals surface area contributed by atoms with Crippen LogP contribution in [0.5, 0.6) is 0 Å². The standard InChI is InChI=1S/C20H23N5S/c1-13-6-8-16(9-7-13)17-5-4-10-25(17)18-12-21-15(3)19(23-18)24-20-22-11-14(2)26-20/h6-9,11-12,17H,4-5,10H2,1-3H3,(H,22,23,24)/t17-/m0/s1. The second kappa shape index (κ2) is 7.03. The van der Waals surface area contributed by atoms with E-state index in [4.69, 9.17) is 4.98 Å². The highest BCUT2D eigenvalue weighted by Crippen LogP contribution is 2.36. The van der Waals surface area contributed by atoms with Crippen molar-refractivity contribution >= 4 is 28.1 Å². The first-order chi connectivity index (χ1) is 12.6. The summed E-state index contributed by atoms with van der Waals surface area (Å²) >= 11 is 1.62. The highest BCUT2D eigenvalue weighted by molar-refractivity contribution is 7.15. The monoisotopic (exact) mass is 365 g/mol. The molecular weight excluding hydrogens is 342 g/mol. The maximum Gasteiger partial charge on any atom is 0.188 e. The van der Waals surface area contributed by atoms with Gasteiger partial charge in [-0.1, -0.05) is 29.8 Å². The maximum atomic E-state index is 4.87. The fraction of sp³-hybridized carbons (Fsp3) is 0.350. The van der Waals surface area contributed by atoms with Gasteiger partial charge in [-0.05, 0) is 39.2 Å². The summed E-state index contributed by atoms with van der Waals surface area (Å²) in [6.07, 6.45) is 6.07. The number of thiazole rings is 1. The van der Waals surface area contributed by atoms with Crippen molar-refractivity contribution in [3.63, 3.8) is 0 Å². The number of benzene rings is 1. The molecule has 1 saturated heterocycles. The number of anilines is 3. The van der Waals surface area contributed by atoms with Gasteiger partial charge in [0.25, 0.3) is 0 Å². The van der Waals surface area contributed by atoms with Crippen molar-refractivity contribution < 1.29 is 0 Å². The van der Waals surface area contributed by atoms with Crippen LogP contribution in [0.3, 0.4) is 0 Å². The van der Waals surface area contributed by atoms with Crippen LogP contribution in [0.2, 0.25) is 0 Å². The molecule has 3 aromatic rings. The molecule has 1 N–H and O–H groups in total. The molecule has 1 atom stereocenters. The van der Waals surface area contributed by atoms with E-state index in [9.17, 15) is 0 Å². The molecule has 26 heavy (non-hydrogen) atoms. The summed E-state index contributed by atoms with van der Waals surface area (Å²) in [7, 11) is 0. The highest BCUT2D eigenvalue weighted by atomic mass is 32.1. The molecule has 6 heteroatoms. The summed E-state index contributed by atoms with van der Waals surface area (Å²) in [5.41, 5.74) is 3.52. The number of aromatic nitrogens is 3. The lowest BCUT2D eigenvalue weighted by atomic mass is 10.0. The summed E-state index contributed by atoms with van der Waals surface area (Å²) in [4.78, 5) is 17.4. The van der Waals surface area contributed by atoms with Crippen molar-refractivity contribution in [3.8, 4) is 0 Å². The van der Waals surface area contributed by atoms with Gasteiger partial charge < -0.3 is 10.2 Å². The van der Waals surface area contributed by atoms with Crippen LogP contribution in [-0.4, -0.2) is 21.5 Å². The number of hydrogen-bond acceptors (Lipinski definition) is 6. The Kier molecular flexibility index (Phi) is 4.59. The van der Waals surface area contributed by atoms with Crippen LogP contribution in [0, 0.1) is 20.8 Å². The van der Waals surface area contributed by atoms with Crippen molar-refractivity contribution in [2.24, 2.45) is 0 Å². The van der Waals surface area contributed by atoms with Gasteiger partial charge in [0.2, 0.25) is 0 Å². The molecule has 0 radical (unpaired) electrons. The van der Waals surface area contributed by atoms with Crippen molar-refractivity contribution in [2.45, 2.75) is 39.7 Å². The Hall–Kier alpha value is -2.47. The Morgan fingerprint density at radius 2 is 1.88 bits per heavy atom. The molecule has 1 fully saturated rings. The lowest BCUT2D eigenvalue weighted by Gasteiger charge is -2.26. The van der Waals surface area contributed by atoms with Crippen molar-refractivity contribution in [1.82, 2.24) is 15.0 Å². The minimum atomic E-state index is 0.363. The first-order valence-corrected chi connectivity index (χ1v) is 9.78. The summed E-state index contributed by atoms with van der Waals surface area (Å²) < 4.78 is 0. The van der Waals surface area contributed by atoms with Gasteiger partial charge in [0.05, 0.1) is 17.9 Å². The first kappa shape index (κ1) is 17.0. The van der Waals surface area contributed by atoms with Gasteiger partial charge in [0, 0.05) is 17.6 Å². The summed E-state index contributed by atoms with van der Waals surface area (Å²) in [5, 5.41) is 4.18. The van der Waals surface area contributed by atoms with Gasteiger partial charge in [0.15, 0.2) is 10.9 Å². The molecule has 0 unspecified atom stereocenters. The fourth-order valence-electron chi connectivity index (χ4n) is 3.39. The highest BCUT2D eigenvalue weighted by Gasteiger charge is 2.27. The quantitative estimate of drug-likeness (QED) is 0.709. The third-order valence-corrected chi connectivity index (χ3v) is 5.63. The van der Waals surface area contributed by atoms with Crippen LogP contribution in [0.4, 0.5) is 16.8 Å². The zero-order chi connectivity index (χ0) is 18.1. The molecule has 0 saturated carbocycles. The molecular formula is C20H23N5S. The fourth-order valence-corrected chi connectivity index (χ4v) is 4.05. The second-order valence-electron chi connectivity index (χ2n) is 6.83. The third-order valence-electron chi connectivity index (χ3n) is 4.80. The molecule has 1 aliphatic heterocycles. The minimum absolute atomic E-state index is 0.363. The number of hydrogen-bond donors (Lipinski definition) is 1. The molecule has 1 aromatic carbocycles. The largest absolute Gasteiger partial charge is 0.348 e. The molecule has 0 bridgehead atoms. The van der Waals surface area contributed by atoms with Gasteiger partial charge in [-0.3, -0.25) is 4.98 Å². The molecule has 3 heterocycles. The van der Waals surface area contributed by atoms with Crippen molar-refractivity contribution in [1.29, 1.82) is 0 Å². The Labute approximate surface area is 158 Å². The number of rotatable bonds is 4. The van der Waals surface area contributed by atoms with Gasteiger partial charge in [-0.2, -0.15) is 0 Å². The lowest BCUT2D eigenvalue weighted by Crippen LogP contribution is -2.24. The Balaban J connectivity index is 1.62. The molecule has 134 valence electrons. The predicted octanol–water partition coefficient (Wildman–Crippen LogP) is 4.94. The van der Waals surface area contributed by atoms with E-state index in [1.54, 1.807) is 11.3 Å². The van der Waals surface area contributed by atoms with Crippen LogP contribution >= 0.6 is 11.3 Å². The topological polar surface area (TPSA) is 53.9 Å². The van der Waals surface area contributed by atoms with Crippen LogP contribution in [0.25, 0.3) is 0 Å². The molecule has 0 amide bonds. The average Bonchev–Trinajstić information content (AvgIpc) is 3.27. The van der Waals surface area contributed by atoms with E-state index < -0.39 is 0 Å². The van der Waals surface area contributed by atoms with E-state index in [1.807, 2.05) is 26.2 Å². The predicted molar refractivity (Wildman–Crippen MR) is 107 cm³/mol. The van der Waals surface area contributed by atoms with Gasteiger partial charge >= 0.3 is 0 Å².